The normalized spacial score (nSPS) is 25.9. The van der Waals surface area contributed by atoms with Crippen molar-refractivity contribution in [2.24, 2.45) is 0 Å². The van der Waals surface area contributed by atoms with Crippen molar-refractivity contribution in [1.29, 1.82) is 0 Å². The lowest BCUT2D eigenvalue weighted by molar-refractivity contribution is -0.118. The van der Waals surface area contributed by atoms with Crippen LogP contribution < -0.4 is 15.4 Å². The van der Waals surface area contributed by atoms with Gasteiger partial charge in [0.25, 0.3) is 5.91 Å². The summed E-state index contributed by atoms with van der Waals surface area (Å²) in [7, 11) is 0. The number of carbonyl (C=O) groups excluding carboxylic acids is 1. The Morgan fingerprint density at radius 1 is 1.52 bits per heavy atom. The van der Waals surface area contributed by atoms with Gasteiger partial charge in [-0.3, -0.25) is 4.79 Å². The average Bonchev–Trinajstić information content (AvgIpc) is 2.91. The highest BCUT2D eigenvalue weighted by Crippen LogP contribution is 2.37. The molecule has 2 unspecified atom stereocenters. The zero-order valence-corrected chi connectivity index (χ0v) is 13.4. The van der Waals surface area contributed by atoms with Crippen LogP contribution in [0.1, 0.15) is 38.3 Å². The minimum absolute atomic E-state index is 0.0878. The molecule has 1 amide bonds. The molecule has 4 nitrogen and oxygen atoms in total. The quantitative estimate of drug-likeness (QED) is 0.898. The van der Waals surface area contributed by atoms with E-state index in [1.807, 2.05) is 12.1 Å². The van der Waals surface area contributed by atoms with Crippen LogP contribution in [0.25, 0.3) is 0 Å². The lowest BCUT2D eigenvalue weighted by Crippen LogP contribution is -2.34. The molecule has 1 saturated heterocycles. The van der Waals surface area contributed by atoms with E-state index in [-0.39, 0.29) is 18.6 Å². The molecule has 2 heterocycles. The lowest BCUT2D eigenvalue weighted by Gasteiger charge is -2.26. The van der Waals surface area contributed by atoms with Gasteiger partial charge in [0, 0.05) is 17.3 Å². The first-order valence-corrected chi connectivity index (χ1v) is 8.48. The van der Waals surface area contributed by atoms with Gasteiger partial charge in [-0.05, 0) is 50.1 Å². The number of hydrogen-bond acceptors (Lipinski definition) is 4. The second-order valence-corrected chi connectivity index (χ2v) is 7.78. The molecule has 0 radical (unpaired) electrons. The Balaban J connectivity index is 1.66. The maximum atomic E-state index is 11.4. The maximum absolute atomic E-state index is 11.4. The summed E-state index contributed by atoms with van der Waals surface area (Å²) >= 11 is 2.07. The van der Waals surface area contributed by atoms with Crippen LogP contribution in [0.15, 0.2) is 18.2 Å². The Kier molecular flexibility index (Phi) is 4.13. The Morgan fingerprint density at radius 2 is 2.38 bits per heavy atom. The SMILES string of the molecule is CC(NCC1(C)CCCS1)c1ccc2c(c1)NC(=O)CO2. The number of carbonyl (C=O) groups is 1. The molecule has 2 atom stereocenters. The van der Waals surface area contributed by atoms with E-state index < -0.39 is 0 Å². The van der Waals surface area contributed by atoms with Crippen molar-refractivity contribution >= 4 is 23.4 Å². The number of rotatable bonds is 4. The summed E-state index contributed by atoms with van der Waals surface area (Å²) in [6, 6.07) is 6.27. The predicted molar refractivity (Wildman–Crippen MR) is 87.1 cm³/mol. The third-order valence-electron chi connectivity index (χ3n) is 4.22. The summed E-state index contributed by atoms with van der Waals surface area (Å²) in [6.45, 7) is 5.62. The average molecular weight is 306 g/mol. The Bertz CT molecular complexity index is 541. The third kappa shape index (κ3) is 3.35. The van der Waals surface area contributed by atoms with E-state index in [0.29, 0.717) is 4.75 Å². The number of ether oxygens (including phenoxy) is 1. The molecule has 0 saturated carbocycles. The monoisotopic (exact) mass is 306 g/mol. The van der Waals surface area contributed by atoms with E-state index in [0.717, 1.165) is 18.0 Å². The first-order chi connectivity index (χ1) is 10.1. The highest BCUT2D eigenvalue weighted by Gasteiger charge is 2.29. The molecule has 2 aliphatic heterocycles. The number of nitrogens with one attached hydrogen (secondary N) is 2. The molecule has 21 heavy (non-hydrogen) atoms. The van der Waals surface area contributed by atoms with Crippen LogP contribution in [0.2, 0.25) is 0 Å². The molecule has 3 rings (SSSR count). The fourth-order valence-electron chi connectivity index (χ4n) is 2.83. The standard InChI is InChI=1S/C16H22N2O2S/c1-11(17-10-16(2)6-3-7-21-16)12-4-5-14-13(8-12)18-15(19)9-20-14/h4-5,8,11,17H,3,6-7,9-10H2,1-2H3,(H,18,19). The van der Waals surface area contributed by atoms with Crippen LogP contribution in [0.5, 0.6) is 5.75 Å². The molecule has 1 fully saturated rings. The molecule has 114 valence electrons. The van der Waals surface area contributed by atoms with Crippen LogP contribution in [0, 0.1) is 0 Å². The summed E-state index contributed by atoms with van der Waals surface area (Å²) in [5.41, 5.74) is 1.95. The molecule has 5 heteroatoms. The molecule has 0 aliphatic carbocycles. The summed E-state index contributed by atoms with van der Waals surface area (Å²) in [4.78, 5) is 11.4. The van der Waals surface area contributed by atoms with Gasteiger partial charge in [-0.15, -0.1) is 0 Å². The van der Waals surface area contributed by atoms with Gasteiger partial charge < -0.3 is 15.4 Å². The van der Waals surface area contributed by atoms with Crippen molar-refractivity contribution in [3.63, 3.8) is 0 Å². The van der Waals surface area contributed by atoms with Crippen molar-refractivity contribution in [2.75, 3.05) is 24.2 Å². The Hall–Kier alpha value is -1.20. The van der Waals surface area contributed by atoms with Gasteiger partial charge in [-0.1, -0.05) is 6.07 Å². The second-order valence-electron chi connectivity index (χ2n) is 6.10. The van der Waals surface area contributed by atoms with Gasteiger partial charge in [-0.2, -0.15) is 11.8 Å². The van der Waals surface area contributed by atoms with Gasteiger partial charge >= 0.3 is 0 Å². The minimum atomic E-state index is -0.0878. The number of fused-ring (bicyclic) bond motifs is 1. The van der Waals surface area contributed by atoms with Crippen molar-refractivity contribution < 1.29 is 9.53 Å². The molecule has 0 aromatic heterocycles. The fourth-order valence-corrected chi connectivity index (χ4v) is 4.09. The zero-order chi connectivity index (χ0) is 14.9. The molecule has 0 spiro atoms. The third-order valence-corrected chi connectivity index (χ3v) is 5.76. The molecule has 1 aromatic carbocycles. The topological polar surface area (TPSA) is 50.4 Å². The fraction of sp³-hybridized carbons (Fsp3) is 0.562. The van der Waals surface area contributed by atoms with E-state index in [4.69, 9.17) is 4.74 Å². The van der Waals surface area contributed by atoms with Crippen LogP contribution in [0.3, 0.4) is 0 Å². The highest BCUT2D eigenvalue weighted by molar-refractivity contribution is 8.00. The Morgan fingerprint density at radius 3 is 3.14 bits per heavy atom. The van der Waals surface area contributed by atoms with Crippen molar-refractivity contribution in [3.05, 3.63) is 23.8 Å². The van der Waals surface area contributed by atoms with Crippen molar-refractivity contribution in [2.45, 2.75) is 37.5 Å². The van der Waals surface area contributed by atoms with E-state index in [2.05, 4.69) is 42.3 Å². The highest BCUT2D eigenvalue weighted by atomic mass is 32.2. The molecular formula is C16H22N2O2S. The summed E-state index contributed by atoms with van der Waals surface area (Å²) < 4.78 is 5.75. The van der Waals surface area contributed by atoms with E-state index >= 15 is 0 Å². The number of anilines is 1. The molecule has 1 aromatic rings. The number of amides is 1. The predicted octanol–water partition coefficient (Wildman–Crippen LogP) is 2.95. The molecule has 0 bridgehead atoms. The second kappa shape index (κ2) is 5.89. The van der Waals surface area contributed by atoms with Crippen molar-refractivity contribution in [3.8, 4) is 5.75 Å². The Labute approximate surface area is 130 Å². The van der Waals surface area contributed by atoms with Gasteiger partial charge in [0.05, 0.1) is 5.69 Å². The number of hydrogen-bond donors (Lipinski definition) is 2. The molecule has 2 aliphatic rings. The minimum Gasteiger partial charge on any atom is -0.482 e. The van der Waals surface area contributed by atoms with E-state index in [1.165, 1.54) is 24.2 Å². The largest absolute Gasteiger partial charge is 0.482 e. The van der Waals surface area contributed by atoms with E-state index in [1.54, 1.807) is 0 Å². The van der Waals surface area contributed by atoms with Gasteiger partial charge in [0.15, 0.2) is 6.61 Å². The van der Waals surface area contributed by atoms with Gasteiger partial charge in [-0.25, -0.2) is 0 Å². The molecule has 2 N–H and O–H groups in total. The number of benzene rings is 1. The zero-order valence-electron chi connectivity index (χ0n) is 12.6. The first kappa shape index (κ1) is 14.7. The lowest BCUT2D eigenvalue weighted by atomic mass is 10.0. The first-order valence-electron chi connectivity index (χ1n) is 7.50. The number of thioether (sulfide) groups is 1. The van der Waals surface area contributed by atoms with Crippen LogP contribution in [-0.4, -0.2) is 29.6 Å². The smallest absolute Gasteiger partial charge is 0.262 e. The molecular weight excluding hydrogens is 284 g/mol. The maximum Gasteiger partial charge on any atom is 0.262 e. The van der Waals surface area contributed by atoms with Gasteiger partial charge in [0.1, 0.15) is 5.75 Å². The van der Waals surface area contributed by atoms with Crippen LogP contribution in [-0.2, 0) is 4.79 Å². The van der Waals surface area contributed by atoms with Crippen molar-refractivity contribution in [1.82, 2.24) is 5.32 Å². The van der Waals surface area contributed by atoms with Crippen LogP contribution >= 0.6 is 11.8 Å². The summed E-state index contributed by atoms with van der Waals surface area (Å²) in [5.74, 6) is 1.94. The summed E-state index contributed by atoms with van der Waals surface area (Å²) in [6.07, 6.45) is 2.60. The van der Waals surface area contributed by atoms with Crippen LogP contribution in [0.4, 0.5) is 5.69 Å². The van der Waals surface area contributed by atoms with E-state index in [9.17, 15) is 4.79 Å². The van der Waals surface area contributed by atoms with Gasteiger partial charge in [0.2, 0.25) is 0 Å². The summed E-state index contributed by atoms with van der Waals surface area (Å²) in [5, 5.41) is 6.49.